The fraction of sp³-hybridized carbons (Fsp3) is 0.500. The molecular weight excluding hydrogens is 206 g/mol. The van der Waals surface area contributed by atoms with Gasteiger partial charge >= 0.3 is 0 Å². The van der Waals surface area contributed by atoms with Crippen molar-refractivity contribution < 1.29 is 9.32 Å². The van der Waals surface area contributed by atoms with Crippen LogP contribution in [-0.2, 0) is 4.79 Å². The number of amides is 1. The Hall–Kier alpha value is -1.07. The van der Waals surface area contributed by atoms with E-state index in [1.54, 1.807) is 20.8 Å². The molecule has 3 N–H and O–H groups in total. The molecule has 0 aromatic carbocycles. The van der Waals surface area contributed by atoms with E-state index in [2.05, 4.69) is 10.5 Å². The van der Waals surface area contributed by atoms with Gasteiger partial charge in [0, 0.05) is 0 Å². The van der Waals surface area contributed by atoms with Crippen molar-refractivity contribution in [3.05, 3.63) is 11.5 Å². The molecule has 0 aliphatic carbocycles. The van der Waals surface area contributed by atoms with Gasteiger partial charge in [0.1, 0.15) is 11.4 Å². The number of aryl methyl sites for hydroxylation is 2. The van der Waals surface area contributed by atoms with Crippen molar-refractivity contribution in [1.82, 2.24) is 5.16 Å². The monoisotopic (exact) mass is 219 g/mol. The number of aromatic nitrogens is 1. The Morgan fingerprint density at radius 3 is 2.50 bits per heavy atom. The molecule has 1 heterocycles. The van der Waals surface area contributed by atoms with Crippen LogP contribution in [-0.4, -0.2) is 17.1 Å². The Labute approximate surface area is 88.4 Å². The van der Waals surface area contributed by atoms with Gasteiger partial charge in [-0.1, -0.05) is 5.16 Å². The highest BCUT2D eigenvalue weighted by atomic mass is 35.5. The average molecular weight is 220 g/mol. The van der Waals surface area contributed by atoms with Crippen molar-refractivity contribution in [1.29, 1.82) is 0 Å². The fourth-order valence-corrected chi connectivity index (χ4v) is 0.898. The summed E-state index contributed by atoms with van der Waals surface area (Å²) in [5.41, 5.74) is 6.66. The summed E-state index contributed by atoms with van der Waals surface area (Å²) in [6, 6.07) is -0.534. The van der Waals surface area contributed by atoms with Crippen LogP contribution in [0.1, 0.15) is 18.4 Å². The highest BCUT2D eigenvalue weighted by molar-refractivity contribution is 5.95. The lowest BCUT2D eigenvalue weighted by Crippen LogP contribution is -2.32. The zero-order chi connectivity index (χ0) is 10.0. The maximum Gasteiger partial charge on any atom is 0.241 e. The minimum Gasteiger partial charge on any atom is -0.359 e. The third kappa shape index (κ3) is 2.71. The molecule has 0 saturated heterocycles. The normalized spacial score (nSPS) is 11.7. The lowest BCUT2D eigenvalue weighted by molar-refractivity contribution is -0.117. The molecule has 1 aromatic heterocycles. The Kier molecular flexibility index (Phi) is 4.59. The Bertz CT molecular complexity index is 303. The van der Waals surface area contributed by atoms with E-state index in [4.69, 9.17) is 10.3 Å². The lowest BCUT2D eigenvalue weighted by atomic mass is 10.3. The van der Waals surface area contributed by atoms with Gasteiger partial charge in [0.15, 0.2) is 5.76 Å². The number of nitrogens with two attached hydrogens (primary N) is 1. The van der Waals surface area contributed by atoms with Crippen LogP contribution >= 0.6 is 12.4 Å². The lowest BCUT2D eigenvalue weighted by Gasteiger charge is -2.05. The first-order valence-corrected chi connectivity index (χ1v) is 4.01. The van der Waals surface area contributed by atoms with Crippen molar-refractivity contribution >= 4 is 24.0 Å². The van der Waals surface area contributed by atoms with Gasteiger partial charge in [-0.2, -0.15) is 0 Å². The van der Waals surface area contributed by atoms with Gasteiger partial charge in [-0.15, -0.1) is 12.4 Å². The zero-order valence-electron chi connectivity index (χ0n) is 8.33. The Morgan fingerprint density at radius 2 is 2.14 bits per heavy atom. The van der Waals surface area contributed by atoms with Crippen molar-refractivity contribution in [2.45, 2.75) is 26.8 Å². The standard InChI is InChI=1S/C8H13N3O2.ClH/c1-4(9)8(12)10-7-5(2)11-13-6(7)3;/h4H,9H2,1-3H3,(H,10,12);1H. The molecule has 1 atom stereocenters. The second kappa shape index (κ2) is 4.97. The van der Waals surface area contributed by atoms with Gasteiger partial charge in [0.05, 0.1) is 6.04 Å². The van der Waals surface area contributed by atoms with Crippen LogP contribution in [0.3, 0.4) is 0 Å². The van der Waals surface area contributed by atoms with Crippen LogP contribution in [0.15, 0.2) is 4.52 Å². The van der Waals surface area contributed by atoms with E-state index in [0.29, 0.717) is 17.1 Å². The van der Waals surface area contributed by atoms with Gasteiger partial charge in [0.2, 0.25) is 5.91 Å². The topological polar surface area (TPSA) is 81.2 Å². The number of halogens is 1. The molecule has 80 valence electrons. The number of carbonyl (C=O) groups excluding carboxylic acids is 1. The summed E-state index contributed by atoms with van der Waals surface area (Å²) in [5.74, 6) is 0.348. The maximum atomic E-state index is 11.2. The SMILES string of the molecule is Cc1noc(C)c1NC(=O)C(C)N.Cl. The number of hydrogen-bond donors (Lipinski definition) is 2. The fourth-order valence-electron chi connectivity index (χ4n) is 0.898. The minimum atomic E-state index is -0.534. The number of anilines is 1. The summed E-state index contributed by atoms with van der Waals surface area (Å²) in [5, 5.41) is 6.34. The molecule has 6 heteroatoms. The molecule has 0 aliphatic heterocycles. The quantitative estimate of drug-likeness (QED) is 0.778. The maximum absolute atomic E-state index is 11.2. The van der Waals surface area contributed by atoms with Crippen molar-refractivity contribution in [3.8, 4) is 0 Å². The summed E-state index contributed by atoms with van der Waals surface area (Å²) in [7, 11) is 0. The summed E-state index contributed by atoms with van der Waals surface area (Å²) in [6.45, 7) is 5.11. The first kappa shape index (κ1) is 12.9. The Balaban J connectivity index is 0.00000169. The molecule has 0 spiro atoms. The van der Waals surface area contributed by atoms with Gasteiger partial charge < -0.3 is 15.6 Å². The average Bonchev–Trinajstić information content (AvgIpc) is 2.35. The number of nitrogens with zero attached hydrogens (tertiary/aromatic N) is 1. The van der Waals surface area contributed by atoms with E-state index in [1.807, 2.05) is 0 Å². The summed E-state index contributed by atoms with van der Waals surface area (Å²) in [4.78, 5) is 11.2. The van der Waals surface area contributed by atoms with E-state index < -0.39 is 6.04 Å². The molecule has 1 aromatic rings. The van der Waals surface area contributed by atoms with Crippen molar-refractivity contribution in [3.63, 3.8) is 0 Å². The van der Waals surface area contributed by atoms with Gasteiger partial charge in [0.25, 0.3) is 0 Å². The largest absolute Gasteiger partial charge is 0.359 e. The molecule has 14 heavy (non-hydrogen) atoms. The Morgan fingerprint density at radius 1 is 1.57 bits per heavy atom. The third-order valence-corrected chi connectivity index (χ3v) is 1.70. The molecule has 5 nitrogen and oxygen atoms in total. The predicted octanol–water partition coefficient (Wildman–Crippen LogP) is 0.999. The summed E-state index contributed by atoms with van der Waals surface area (Å²) < 4.78 is 4.87. The van der Waals surface area contributed by atoms with Gasteiger partial charge in [-0.05, 0) is 20.8 Å². The number of hydrogen-bond acceptors (Lipinski definition) is 4. The van der Waals surface area contributed by atoms with E-state index in [1.165, 1.54) is 0 Å². The molecule has 1 unspecified atom stereocenters. The summed E-state index contributed by atoms with van der Waals surface area (Å²) >= 11 is 0. The molecule has 0 fully saturated rings. The summed E-state index contributed by atoms with van der Waals surface area (Å²) in [6.07, 6.45) is 0. The molecule has 0 bridgehead atoms. The number of carbonyl (C=O) groups is 1. The molecule has 0 saturated carbocycles. The molecule has 0 aliphatic rings. The molecule has 0 radical (unpaired) electrons. The number of nitrogens with one attached hydrogen (secondary N) is 1. The van der Waals surface area contributed by atoms with Crippen LogP contribution in [0.5, 0.6) is 0 Å². The third-order valence-electron chi connectivity index (χ3n) is 1.70. The number of rotatable bonds is 2. The van der Waals surface area contributed by atoms with Crippen LogP contribution in [0, 0.1) is 13.8 Å². The van der Waals surface area contributed by atoms with E-state index in [9.17, 15) is 4.79 Å². The first-order chi connectivity index (χ1) is 6.02. The van der Waals surface area contributed by atoms with E-state index in [0.717, 1.165) is 0 Å². The van der Waals surface area contributed by atoms with Gasteiger partial charge in [-0.25, -0.2) is 0 Å². The second-order valence-electron chi connectivity index (χ2n) is 2.98. The van der Waals surface area contributed by atoms with E-state index >= 15 is 0 Å². The predicted molar refractivity (Wildman–Crippen MR) is 55.5 cm³/mol. The zero-order valence-corrected chi connectivity index (χ0v) is 9.14. The van der Waals surface area contributed by atoms with Crippen LogP contribution < -0.4 is 11.1 Å². The minimum absolute atomic E-state index is 0. The van der Waals surface area contributed by atoms with Crippen LogP contribution in [0.2, 0.25) is 0 Å². The van der Waals surface area contributed by atoms with E-state index in [-0.39, 0.29) is 18.3 Å². The van der Waals surface area contributed by atoms with Gasteiger partial charge in [-0.3, -0.25) is 4.79 Å². The molecule has 1 amide bonds. The highest BCUT2D eigenvalue weighted by Crippen LogP contribution is 2.18. The van der Waals surface area contributed by atoms with Crippen molar-refractivity contribution in [2.75, 3.05) is 5.32 Å². The molecule has 1 rings (SSSR count). The molecular formula is C8H14ClN3O2. The van der Waals surface area contributed by atoms with Crippen molar-refractivity contribution in [2.24, 2.45) is 5.73 Å². The second-order valence-corrected chi connectivity index (χ2v) is 2.98. The first-order valence-electron chi connectivity index (χ1n) is 4.01. The smallest absolute Gasteiger partial charge is 0.241 e. The van der Waals surface area contributed by atoms with Crippen LogP contribution in [0.25, 0.3) is 0 Å². The van der Waals surface area contributed by atoms with Crippen LogP contribution in [0.4, 0.5) is 5.69 Å². The highest BCUT2D eigenvalue weighted by Gasteiger charge is 2.14.